The second kappa shape index (κ2) is 9.53. The molecule has 128 valence electrons. The SMILES string of the molecule is CCCOc1cccc(CNC(=O)CN2CCCCC2CO)c1. The van der Waals surface area contributed by atoms with Crippen molar-refractivity contribution in [2.24, 2.45) is 0 Å². The molecule has 2 N–H and O–H groups in total. The van der Waals surface area contributed by atoms with Gasteiger partial charge in [-0.1, -0.05) is 25.5 Å². The minimum absolute atomic E-state index is 0.00484. The lowest BCUT2D eigenvalue weighted by Crippen LogP contribution is -2.46. The maximum atomic E-state index is 12.1. The van der Waals surface area contributed by atoms with Crippen molar-refractivity contribution in [2.75, 3.05) is 26.3 Å². The molecule has 1 heterocycles. The molecule has 1 aromatic rings. The second-order valence-electron chi connectivity index (χ2n) is 6.08. The Bertz CT molecular complexity index is 493. The Morgan fingerprint density at radius 2 is 2.30 bits per heavy atom. The van der Waals surface area contributed by atoms with Crippen molar-refractivity contribution in [1.82, 2.24) is 10.2 Å². The molecule has 1 unspecified atom stereocenters. The number of hydrogen-bond acceptors (Lipinski definition) is 4. The molecule has 0 aliphatic carbocycles. The van der Waals surface area contributed by atoms with Crippen molar-refractivity contribution in [3.05, 3.63) is 29.8 Å². The van der Waals surface area contributed by atoms with Gasteiger partial charge in [0.25, 0.3) is 0 Å². The number of aliphatic hydroxyl groups excluding tert-OH is 1. The number of carbonyl (C=O) groups excluding carboxylic acids is 1. The van der Waals surface area contributed by atoms with E-state index in [9.17, 15) is 9.90 Å². The van der Waals surface area contributed by atoms with Crippen LogP contribution < -0.4 is 10.1 Å². The van der Waals surface area contributed by atoms with E-state index in [0.29, 0.717) is 19.7 Å². The number of nitrogens with zero attached hydrogens (tertiary/aromatic N) is 1. The van der Waals surface area contributed by atoms with Crippen LogP contribution in [0.25, 0.3) is 0 Å². The molecular weight excluding hydrogens is 292 g/mol. The molecular formula is C18H28N2O3. The summed E-state index contributed by atoms with van der Waals surface area (Å²) in [6.45, 7) is 4.65. The highest BCUT2D eigenvalue weighted by Crippen LogP contribution is 2.16. The average molecular weight is 320 g/mol. The summed E-state index contributed by atoms with van der Waals surface area (Å²) in [5.41, 5.74) is 1.03. The normalized spacial score (nSPS) is 18.6. The molecule has 1 aliphatic rings. The molecule has 0 bridgehead atoms. The van der Waals surface area contributed by atoms with Gasteiger partial charge in [0.1, 0.15) is 5.75 Å². The van der Waals surface area contributed by atoms with E-state index in [2.05, 4.69) is 17.1 Å². The van der Waals surface area contributed by atoms with E-state index in [1.165, 1.54) is 0 Å². The first-order valence-corrected chi connectivity index (χ1v) is 8.56. The molecule has 1 amide bonds. The Balaban J connectivity index is 1.79. The third-order valence-corrected chi connectivity index (χ3v) is 4.17. The summed E-state index contributed by atoms with van der Waals surface area (Å²) in [6.07, 6.45) is 4.18. The van der Waals surface area contributed by atoms with E-state index in [1.54, 1.807) is 0 Å². The van der Waals surface area contributed by atoms with Gasteiger partial charge in [0.05, 0.1) is 19.8 Å². The van der Waals surface area contributed by atoms with Crippen LogP contribution in [-0.4, -0.2) is 48.3 Å². The first-order valence-electron chi connectivity index (χ1n) is 8.56. The Labute approximate surface area is 138 Å². The summed E-state index contributed by atoms with van der Waals surface area (Å²) in [7, 11) is 0. The molecule has 0 aromatic heterocycles. The summed E-state index contributed by atoms with van der Waals surface area (Å²) in [4.78, 5) is 14.2. The van der Waals surface area contributed by atoms with Gasteiger partial charge in [-0.15, -0.1) is 0 Å². The van der Waals surface area contributed by atoms with E-state index in [1.807, 2.05) is 24.3 Å². The van der Waals surface area contributed by atoms with E-state index < -0.39 is 0 Å². The third kappa shape index (κ3) is 5.84. The monoisotopic (exact) mass is 320 g/mol. The van der Waals surface area contributed by atoms with Crippen molar-refractivity contribution in [2.45, 2.75) is 45.2 Å². The van der Waals surface area contributed by atoms with Crippen LogP contribution in [0.2, 0.25) is 0 Å². The van der Waals surface area contributed by atoms with Crippen molar-refractivity contribution in [3.63, 3.8) is 0 Å². The molecule has 2 rings (SSSR count). The standard InChI is InChI=1S/C18H28N2O3/c1-2-10-23-17-8-5-6-15(11-17)12-19-18(22)13-20-9-4-3-7-16(20)14-21/h5-6,8,11,16,21H,2-4,7,9-10,12-14H2,1H3,(H,19,22). The lowest BCUT2D eigenvalue weighted by molar-refractivity contribution is -0.123. The van der Waals surface area contributed by atoms with Crippen molar-refractivity contribution in [1.29, 1.82) is 0 Å². The first kappa shape index (κ1) is 17.8. The quantitative estimate of drug-likeness (QED) is 0.768. The molecule has 0 radical (unpaired) electrons. The van der Waals surface area contributed by atoms with Gasteiger partial charge < -0.3 is 15.2 Å². The van der Waals surface area contributed by atoms with Crippen LogP contribution in [0.5, 0.6) is 5.75 Å². The number of piperidine rings is 1. The Hall–Kier alpha value is -1.59. The zero-order chi connectivity index (χ0) is 16.5. The highest BCUT2D eigenvalue weighted by molar-refractivity contribution is 5.78. The maximum Gasteiger partial charge on any atom is 0.234 e. The smallest absolute Gasteiger partial charge is 0.234 e. The third-order valence-electron chi connectivity index (χ3n) is 4.17. The lowest BCUT2D eigenvalue weighted by Gasteiger charge is -2.33. The largest absolute Gasteiger partial charge is 0.494 e. The fraction of sp³-hybridized carbons (Fsp3) is 0.611. The highest BCUT2D eigenvalue weighted by Gasteiger charge is 2.23. The fourth-order valence-corrected chi connectivity index (χ4v) is 2.88. The number of hydrogen-bond donors (Lipinski definition) is 2. The van der Waals surface area contributed by atoms with E-state index >= 15 is 0 Å². The number of carbonyl (C=O) groups is 1. The fourth-order valence-electron chi connectivity index (χ4n) is 2.88. The van der Waals surface area contributed by atoms with Crippen LogP contribution in [0.15, 0.2) is 24.3 Å². The molecule has 5 heteroatoms. The minimum Gasteiger partial charge on any atom is -0.494 e. The van der Waals surface area contributed by atoms with Gasteiger partial charge in [-0.3, -0.25) is 9.69 Å². The second-order valence-corrected chi connectivity index (χ2v) is 6.08. The summed E-state index contributed by atoms with van der Waals surface area (Å²) in [5, 5.41) is 12.4. The topological polar surface area (TPSA) is 61.8 Å². The summed E-state index contributed by atoms with van der Waals surface area (Å²) in [5.74, 6) is 0.847. The predicted octanol–water partition coefficient (Wildman–Crippen LogP) is 1.94. The lowest BCUT2D eigenvalue weighted by atomic mass is 10.0. The maximum absolute atomic E-state index is 12.1. The van der Waals surface area contributed by atoms with Crippen LogP contribution in [0.4, 0.5) is 0 Å². The van der Waals surface area contributed by atoms with Gasteiger partial charge in [0, 0.05) is 12.6 Å². The van der Waals surface area contributed by atoms with Gasteiger partial charge in [0.15, 0.2) is 0 Å². The zero-order valence-corrected chi connectivity index (χ0v) is 14.0. The molecule has 0 spiro atoms. The number of aliphatic hydroxyl groups is 1. The van der Waals surface area contributed by atoms with Crippen molar-refractivity contribution < 1.29 is 14.6 Å². The number of nitrogens with one attached hydrogen (secondary N) is 1. The number of likely N-dealkylation sites (tertiary alicyclic amines) is 1. The van der Waals surface area contributed by atoms with Crippen molar-refractivity contribution >= 4 is 5.91 Å². The number of benzene rings is 1. The van der Waals surface area contributed by atoms with Crippen LogP contribution in [0.1, 0.15) is 38.2 Å². The molecule has 1 aliphatic heterocycles. The van der Waals surface area contributed by atoms with Gasteiger partial charge in [-0.25, -0.2) is 0 Å². The average Bonchev–Trinajstić information content (AvgIpc) is 2.59. The van der Waals surface area contributed by atoms with Crippen LogP contribution >= 0.6 is 0 Å². The molecule has 0 saturated carbocycles. The molecule has 5 nitrogen and oxygen atoms in total. The Morgan fingerprint density at radius 3 is 3.09 bits per heavy atom. The van der Waals surface area contributed by atoms with E-state index in [4.69, 9.17) is 4.74 Å². The molecule has 1 atom stereocenters. The number of ether oxygens (including phenoxy) is 1. The molecule has 1 saturated heterocycles. The first-order chi connectivity index (χ1) is 11.2. The Kier molecular flexibility index (Phi) is 7.36. The van der Waals surface area contributed by atoms with Gasteiger partial charge in [-0.05, 0) is 43.5 Å². The van der Waals surface area contributed by atoms with Crippen LogP contribution in [0.3, 0.4) is 0 Å². The Morgan fingerprint density at radius 1 is 1.43 bits per heavy atom. The molecule has 23 heavy (non-hydrogen) atoms. The number of rotatable bonds is 8. The van der Waals surface area contributed by atoms with E-state index in [0.717, 1.165) is 43.5 Å². The summed E-state index contributed by atoms with van der Waals surface area (Å²) in [6, 6.07) is 7.95. The summed E-state index contributed by atoms with van der Waals surface area (Å²) >= 11 is 0. The van der Waals surface area contributed by atoms with Gasteiger partial charge in [0.2, 0.25) is 5.91 Å². The number of amides is 1. The van der Waals surface area contributed by atoms with Crippen LogP contribution in [-0.2, 0) is 11.3 Å². The molecule has 1 aromatic carbocycles. The van der Waals surface area contributed by atoms with Gasteiger partial charge in [-0.2, -0.15) is 0 Å². The highest BCUT2D eigenvalue weighted by atomic mass is 16.5. The van der Waals surface area contributed by atoms with E-state index in [-0.39, 0.29) is 18.6 Å². The minimum atomic E-state index is 0.00484. The summed E-state index contributed by atoms with van der Waals surface area (Å²) < 4.78 is 5.60. The zero-order valence-electron chi connectivity index (χ0n) is 14.0. The van der Waals surface area contributed by atoms with Crippen LogP contribution in [0, 0.1) is 0 Å². The predicted molar refractivity (Wildman–Crippen MR) is 90.4 cm³/mol. The molecule has 1 fully saturated rings. The van der Waals surface area contributed by atoms with Gasteiger partial charge >= 0.3 is 0 Å². The van der Waals surface area contributed by atoms with Crippen molar-refractivity contribution in [3.8, 4) is 5.75 Å².